The van der Waals surface area contributed by atoms with Crippen molar-refractivity contribution in [2.45, 2.75) is 51.6 Å². The van der Waals surface area contributed by atoms with E-state index in [2.05, 4.69) is 35.3 Å². The third-order valence-corrected chi connectivity index (χ3v) is 5.86. The Morgan fingerprint density at radius 1 is 1.17 bits per heavy atom. The van der Waals surface area contributed by atoms with Crippen LogP contribution in [0.1, 0.15) is 54.1 Å². The highest BCUT2D eigenvalue weighted by Crippen LogP contribution is 2.27. The first-order valence-corrected chi connectivity index (χ1v) is 11.2. The quantitative estimate of drug-likeness (QED) is 0.666. The van der Waals surface area contributed by atoms with Gasteiger partial charge in [0.1, 0.15) is 18.1 Å². The minimum atomic E-state index is -0.0715. The third-order valence-electron chi connectivity index (χ3n) is 5.86. The molecule has 30 heavy (non-hydrogen) atoms. The first-order chi connectivity index (χ1) is 14.7. The number of nitrogens with one attached hydrogen (secondary N) is 1. The van der Waals surface area contributed by atoms with Gasteiger partial charge in [-0.3, -0.25) is 9.69 Å². The van der Waals surface area contributed by atoms with Crippen LogP contribution in [0, 0.1) is 0 Å². The Morgan fingerprint density at radius 2 is 1.97 bits per heavy atom. The van der Waals surface area contributed by atoms with E-state index in [1.54, 1.807) is 0 Å². The van der Waals surface area contributed by atoms with E-state index in [-0.39, 0.29) is 11.9 Å². The standard InChI is InChI=1S/C25H32N2O3/c1-2-3-14-29-23-10-8-20(9-11-23)25(28)26-22-16-21-7-6-19(15-24(21)30-18-22)17-27-12-4-5-13-27/h6-11,15,22H,2-5,12-14,16-18H2,1H3,(H,26,28)/t22-/m1/s1. The van der Waals surface area contributed by atoms with Crippen LogP contribution in [0.25, 0.3) is 0 Å². The summed E-state index contributed by atoms with van der Waals surface area (Å²) in [5.74, 6) is 1.70. The molecule has 1 amide bonds. The van der Waals surface area contributed by atoms with Gasteiger partial charge in [0.25, 0.3) is 5.91 Å². The number of carbonyl (C=O) groups excluding carboxylic acids is 1. The molecule has 0 bridgehead atoms. The van der Waals surface area contributed by atoms with E-state index in [4.69, 9.17) is 9.47 Å². The van der Waals surface area contributed by atoms with Crippen LogP contribution in [0.5, 0.6) is 11.5 Å². The lowest BCUT2D eigenvalue weighted by Crippen LogP contribution is -2.42. The van der Waals surface area contributed by atoms with Gasteiger partial charge in [-0.05, 0) is 80.2 Å². The number of likely N-dealkylation sites (tertiary alicyclic amines) is 1. The molecule has 0 spiro atoms. The van der Waals surface area contributed by atoms with E-state index in [1.807, 2.05) is 24.3 Å². The van der Waals surface area contributed by atoms with Crippen molar-refractivity contribution in [3.63, 3.8) is 0 Å². The summed E-state index contributed by atoms with van der Waals surface area (Å²) in [6, 6.07) is 13.9. The van der Waals surface area contributed by atoms with Crippen molar-refractivity contribution >= 4 is 5.91 Å². The molecule has 1 saturated heterocycles. The van der Waals surface area contributed by atoms with Gasteiger partial charge in [0.05, 0.1) is 12.6 Å². The number of fused-ring (bicyclic) bond motifs is 1. The highest BCUT2D eigenvalue weighted by atomic mass is 16.5. The second-order valence-electron chi connectivity index (χ2n) is 8.34. The summed E-state index contributed by atoms with van der Waals surface area (Å²) in [5.41, 5.74) is 3.11. The average molecular weight is 409 g/mol. The summed E-state index contributed by atoms with van der Waals surface area (Å²) < 4.78 is 11.7. The second-order valence-corrected chi connectivity index (χ2v) is 8.34. The number of hydrogen-bond acceptors (Lipinski definition) is 4. The molecule has 160 valence electrons. The fourth-order valence-corrected chi connectivity index (χ4v) is 4.11. The Morgan fingerprint density at radius 3 is 2.73 bits per heavy atom. The summed E-state index contributed by atoms with van der Waals surface area (Å²) in [7, 11) is 0. The van der Waals surface area contributed by atoms with Crippen molar-refractivity contribution < 1.29 is 14.3 Å². The van der Waals surface area contributed by atoms with Gasteiger partial charge in [-0.25, -0.2) is 0 Å². The van der Waals surface area contributed by atoms with Gasteiger partial charge in [0.15, 0.2) is 0 Å². The average Bonchev–Trinajstić information content (AvgIpc) is 3.27. The molecular formula is C25H32N2O3. The number of unbranched alkanes of at least 4 members (excludes halogenated alkanes) is 1. The first-order valence-electron chi connectivity index (χ1n) is 11.2. The van der Waals surface area contributed by atoms with Crippen LogP contribution in [0.15, 0.2) is 42.5 Å². The summed E-state index contributed by atoms with van der Waals surface area (Å²) >= 11 is 0. The number of benzene rings is 2. The summed E-state index contributed by atoms with van der Waals surface area (Å²) in [6.45, 7) is 6.73. The molecule has 5 heteroatoms. The van der Waals surface area contributed by atoms with Crippen LogP contribution in [0.3, 0.4) is 0 Å². The topological polar surface area (TPSA) is 50.8 Å². The van der Waals surface area contributed by atoms with Crippen LogP contribution in [-0.2, 0) is 13.0 Å². The highest BCUT2D eigenvalue weighted by molar-refractivity contribution is 5.94. The van der Waals surface area contributed by atoms with E-state index in [9.17, 15) is 4.79 Å². The fourth-order valence-electron chi connectivity index (χ4n) is 4.11. The van der Waals surface area contributed by atoms with Crippen LogP contribution in [0.2, 0.25) is 0 Å². The zero-order valence-corrected chi connectivity index (χ0v) is 17.9. The van der Waals surface area contributed by atoms with Gasteiger partial charge in [0.2, 0.25) is 0 Å². The lowest BCUT2D eigenvalue weighted by atomic mass is 10.00. The van der Waals surface area contributed by atoms with Gasteiger partial charge in [-0.2, -0.15) is 0 Å². The van der Waals surface area contributed by atoms with Gasteiger partial charge in [0, 0.05) is 12.1 Å². The molecule has 4 rings (SSSR count). The Hall–Kier alpha value is -2.53. The van der Waals surface area contributed by atoms with E-state index < -0.39 is 0 Å². The Bertz CT molecular complexity index is 844. The molecule has 5 nitrogen and oxygen atoms in total. The van der Waals surface area contributed by atoms with Gasteiger partial charge in [-0.15, -0.1) is 0 Å². The molecule has 2 aromatic carbocycles. The maximum Gasteiger partial charge on any atom is 0.251 e. The van der Waals surface area contributed by atoms with Crippen LogP contribution >= 0.6 is 0 Å². The maximum atomic E-state index is 12.6. The fraction of sp³-hybridized carbons (Fsp3) is 0.480. The molecule has 1 fully saturated rings. The van der Waals surface area contributed by atoms with Gasteiger partial charge in [-0.1, -0.05) is 25.5 Å². The van der Waals surface area contributed by atoms with E-state index in [0.29, 0.717) is 18.8 Å². The normalized spacial score (nSPS) is 18.5. The van der Waals surface area contributed by atoms with Gasteiger partial charge < -0.3 is 14.8 Å². The molecule has 2 heterocycles. The molecule has 2 aliphatic heterocycles. The highest BCUT2D eigenvalue weighted by Gasteiger charge is 2.23. The van der Waals surface area contributed by atoms with Crippen molar-refractivity contribution in [3.8, 4) is 11.5 Å². The minimum absolute atomic E-state index is 0.0186. The monoisotopic (exact) mass is 408 g/mol. The van der Waals surface area contributed by atoms with Crippen molar-refractivity contribution in [2.24, 2.45) is 0 Å². The van der Waals surface area contributed by atoms with Crippen molar-refractivity contribution in [2.75, 3.05) is 26.3 Å². The molecule has 2 aliphatic rings. The van der Waals surface area contributed by atoms with Crippen LogP contribution in [0.4, 0.5) is 0 Å². The number of hydrogen-bond donors (Lipinski definition) is 1. The third kappa shape index (κ3) is 5.33. The van der Waals surface area contributed by atoms with Gasteiger partial charge >= 0.3 is 0 Å². The zero-order chi connectivity index (χ0) is 20.8. The van der Waals surface area contributed by atoms with E-state index in [1.165, 1.54) is 31.5 Å². The number of ether oxygens (including phenoxy) is 2. The Kier molecular flexibility index (Phi) is 6.90. The van der Waals surface area contributed by atoms with Crippen molar-refractivity contribution in [1.29, 1.82) is 0 Å². The molecule has 0 radical (unpaired) electrons. The molecule has 0 saturated carbocycles. The second kappa shape index (κ2) is 9.98. The summed E-state index contributed by atoms with van der Waals surface area (Å²) in [5, 5.41) is 3.11. The summed E-state index contributed by atoms with van der Waals surface area (Å²) in [4.78, 5) is 15.1. The first kappa shape index (κ1) is 20.7. The minimum Gasteiger partial charge on any atom is -0.494 e. The zero-order valence-electron chi connectivity index (χ0n) is 17.9. The molecule has 1 N–H and O–H groups in total. The largest absolute Gasteiger partial charge is 0.494 e. The smallest absolute Gasteiger partial charge is 0.251 e. The lowest BCUT2D eigenvalue weighted by Gasteiger charge is -2.27. The molecule has 0 aromatic heterocycles. The Balaban J connectivity index is 1.30. The maximum absolute atomic E-state index is 12.6. The number of carbonyl (C=O) groups is 1. The number of amides is 1. The SMILES string of the molecule is CCCCOc1ccc(C(=O)N[C@H]2COc3cc(CN4CCCC4)ccc3C2)cc1. The molecular weight excluding hydrogens is 376 g/mol. The lowest BCUT2D eigenvalue weighted by molar-refractivity contribution is 0.0915. The van der Waals surface area contributed by atoms with Crippen molar-refractivity contribution in [1.82, 2.24) is 10.2 Å². The predicted molar refractivity (Wildman–Crippen MR) is 118 cm³/mol. The molecule has 0 unspecified atom stereocenters. The van der Waals surface area contributed by atoms with E-state index in [0.717, 1.165) is 42.9 Å². The van der Waals surface area contributed by atoms with Crippen molar-refractivity contribution in [3.05, 3.63) is 59.2 Å². The van der Waals surface area contributed by atoms with Crippen LogP contribution in [-0.4, -0.2) is 43.2 Å². The van der Waals surface area contributed by atoms with E-state index >= 15 is 0 Å². The molecule has 2 aromatic rings. The number of rotatable bonds is 8. The van der Waals surface area contributed by atoms with Crippen LogP contribution < -0.4 is 14.8 Å². The predicted octanol–water partition coefficient (Wildman–Crippen LogP) is 4.19. The number of nitrogens with zero attached hydrogens (tertiary/aromatic N) is 1. The molecule has 1 atom stereocenters. The Labute approximate surface area is 179 Å². The molecule has 0 aliphatic carbocycles. The summed E-state index contributed by atoms with van der Waals surface area (Å²) in [6.07, 6.45) is 5.54.